The summed E-state index contributed by atoms with van der Waals surface area (Å²) in [5, 5.41) is 18.8. The zero-order valence-corrected chi connectivity index (χ0v) is 6.72. The molecule has 4 nitrogen and oxygen atoms in total. The van der Waals surface area contributed by atoms with Crippen molar-refractivity contribution >= 4 is 6.09 Å². The summed E-state index contributed by atoms with van der Waals surface area (Å²) >= 11 is 0. The van der Waals surface area contributed by atoms with E-state index in [9.17, 15) is 4.79 Å². The molecule has 0 heterocycles. The first-order valence-corrected chi connectivity index (χ1v) is 3.32. The average molecular weight is 156 g/mol. The lowest BCUT2D eigenvalue weighted by molar-refractivity contribution is 0.188. The number of carbonyl (C=O) groups is 1. The average Bonchev–Trinajstić information content (AvgIpc) is 1.84. The maximum absolute atomic E-state index is 10.1. The molecule has 4 heteroatoms. The molecule has 0 aromatic heterocycles. The molecule has 0 radical (unpaired) electrons. The molecule has 0 bridgehead atoms. The van der Waals surface area contributed by atoms with Crippen LogP contribution in [0.15, 0.2) is 0 Å². The van der Waals surface area contributed by atoms with Gasteiger partial charge in [-0.3, -0.25) is 0 Å². The number of hydrogen-bond donors (Lipinski definition) is 2. The number of carboxylic acid groups (broad SMARTS) is 1. The Kier molecular flexibility index (Phi) is 3.38. The third kappa shape index (κ3) is 5.22. The van der Waals surface area contributed by atoms with Gasteiger partial charge in [-0.05, 0) is 5.41 Å². The van der Waals surface area contributed by atoms with Crippen LogP contribution in [0.3, 0.4) is 0 Å². The van der Waals surface area contributed by atoms with Crippen molar-refractivity contribution in [3.63, 3.8) is 0 Å². The monoisotopic (exact) mass is 156 g/mol. The van der Waals surface area contributed by atoms with E-state index in [1.54, 1.807) is 0 Å². The van der Waals surface area contributed by atoms with Crippen molar-refractivity contribution < 1.29 is 9.90 Å². The number of amides is 1. The van der Waals surface area contributed by atoms with Gasteiger partial charge in [-0.1, -0.05) is 13.8 Å². The maximum atomic E-state index is 10.1. The highest BCUT2D eigenvalue weighted by atomic mass is 16.4. The Balaban J connectivity index is 3.74. The summed E-state index contributed by atoms with van der Waals surface area (Å²) in [6.07, 6.45) is -0.691. The lowest BCUT2D eigenvalue weighted by atomic mass is 9.90. The Morgan fingerprint density at radius 3 is 2.64 bits per heavy atom. The predicted molar refractivity (Wildman–Crippen MR) is 40.0 cm³/mol. The fraction of sp³-hybridized carbons (Fsp3) is 0.714. The molecule has 0 aliphatic heterocycles. The van der Waals surface area contributed by atoms with Crippen molar-refractivity contribution in [3.8, 4) is 6.07 Å². The molecular formula is C7H12N2O2. The van der Waals surface area contributed by atoms with E-state index in [-0.39, 0.29) is 5.41 Å². The molecular weight excluding hydrogens is 144 g/mol. The Hall–Kier alpha value is -1.24. The van der Waals surface area contributed by atoms with E-state index >= 15 is 0 Å². The van der Waals surface area contributed by atoms with Gasteiger partial charge in [0.15, 0.2) is 0 Å². The second-order valence-electron chi connectivity index (χ2n) is 3.16. The van der Waals surface area contributed by atoms with Gasteiger partial charge in [0.2, 0.25) is 0 Å². The number of rotatable bonds is 3. The fourth-order valence-electron chi connectivity index (χ4n) is 0.591. The first kappa shape index (κ1) is 9.76. The summed E-state index contributed by atoms with van der Waals surface area (Å²) in [4.78, 5) is 10.1. The Bertz CT molecular complexity index is 181. The summed E-state index contributed by atoms with van der Waals surface area (Å²) in [6.45, 7) is 3.99. The predicted octanol–water partition coefficient (Wildman–Crippen LogP) is 1.19. The van der Waals surface area contributed by atoms with Crippen LogP contribution < -0.4 is 5.32 Å². The van der Waals surface area contributed by atoms with Crippen molar-refractivity contribution in [1.29, 1.82) is 5.26 Å². The van der Waals surface area contributed by atoms with Gasteiger partial charge < -0.3 is 10.4 Å². The second kappa shape index (κ2) is 3.81. The van der Waals surface area contributed by atoms with Crippen LogP contribution in [0.1, 0.15) is 20.3 Å². The van der Waals surface area contributed by atoms with Crippen molar-refractivity contribution in [2.24, 2.45) is 5.41 Å². The van der Waals surface area contributed by atoms with E-state index in [0.717, 1.165) is 0 Å². The van der Waals surface area contributed by atoms with Crippen molar-refractivity contribution in [2.45, 2.75) is 20.3 Å². The summed E-state index contributed by atoms with van der Waals surface area (Å²) in [7, 11) is 0. The quantitative estimate of drug-likeness (QED) is 0.644. The minimum absolute atomic E-state index is 0.271. The molecule has 1 amide bonds. The lowest BCUT2D eigenvalue weighted by Gasteiger charge is -2.19. The van der Waals surface area contributed by atoms with E-state index < -0.39 is 6.09 Å². The third-order valence-electron chi connectivity index (χ3n) is 1.28. The molecule has 0 spiro atoms. The Morgan fingerprint density at radius 1 is 1.73 bits per heavy atom. The number of hydrogen-bond acceptors (Lipinski definition) is 2. The van der Waals surface area contributed by atoms with Gasteiger partial charge in [0.05, 0.1) is 6.07 Å². The van der Waals surface area contributed by atoms with Crippen LogP contribution >= 0.6 is 0 Å². The minimum Gasteiger partial charge on any atom is -0.465 e. The molecule has 0 unspecified atom stereocenters. The van der Waals surface area contributed by atoms with Crippen molar-refractivity contribution in [3.05, 3.63) is 0 Å². The first-order valence-electron chi connectivity index (χ1n) is 3.32. The second-order valence-corrected chi connectivity index (χ2v) is 3.16. The molecule has 11 heavy (non-hydrogen) atoms. The van der Waals surface area contributed by atoms with Crippen LogP contribution in [0.25, 0.3) is 0 Å². The van der Waals surface area contributed by atoms with Gasteiger partial charge in [0.25, 0.3) is 0 Å². The molecule has 0 fully saturated rings. The zero-order valence-electron chi connectivity index (χ0n) is 6.72. The van der Waals surface area contributed by atoms with Gasteiger partial charge in [-0.25, -0.2) is 4.79 Å². The standard InChI is InChI=1S/C7H12N2O2/c1-7(2,3-4-8)5-9-6(10)11/h9H,3,5H2,1-2H3,(H,10,11). The normalized spacial score (nSPS) is 10.3. The first-order chi connectivity index (χ1) is 4.98. The molecule has 0 saturated carbocycles. The van der Waals surface area contributed by atoms with Crippen molar-refractivity contribution in [1.82, 2.24) is 5.32 Å². The molecule has 0 saturated heterocycles. The summed E-state index contributed by atoms with van der Waals surface area (Å²) < 4.78 is 0. The topological polar surface area (TPSA) is 73.1 Å². The highest BCUT2D eigenvalue weighted by Crippen LogP contribution is 2.17. The molecule has 0 aromatic rings. The SMILES string of the molecule is CC(C)(CC#N)CNC(=O)O. The van der Waals surface area contributed by atoms with Crippen molar-refractivity contribution in [2.75, 3.05) is 6.54 Å². The highest BCUT2D eigenvalue weighted by Gasteiger charge is 2.17. The molecule has 62 valence electrons. The van der Waals surface area contributed by atoms with Gasteiger partial charge in [0.1, 0.15) is 0 Å². The van der Waals surface area contributed by atoms with E-state index in [0.29, 0.717) is 13.0 Å². The van der Waals surface area contributed by atoms with E-state index in [1.165, 1.54) is 0 Å². The van der Waals surface area contributed by atoms with Crippen LogP contribution in [0.2, 0.25) is 0 Å². The Labute approximate surface area is 65.8 Å². The zero-order chi connectivity index (χ0) is 8.91. The molecule has 2 N–H and O–H groups in total. The summed E-state index contributed by atoms with van der Waals surface area (Å²) in [5.41, 5.74) is -0.271. The minimum atomic E-state index is -1.05. The highest BCUT2D eigenvalue weighted by molar-refractivity contribution is 5.64. The summed E-state index contributed by atoms with van der Waals surface area (Å²) in [5.74, 6) is 0. The molecule has 0 rings (SSSR count). The molecule has 0 aliphatic rings. The van der Waals surface area contributed by atoms with Gasteiger partial charge >= 0.3 is 6.09 Å². The lowest BCUT2D eigenvalue weighted by Crippen LogP contribution is -2.32. The number of nitriles is 1. The van der Waals surface area contributed by atoms with Crippen LogP contribution in [0.4, 0.5) is 4.79 Å². The molecule has 0 atom stereocenters. The van der Waals surface area contributed by atoms with E-state index in [4.69, 9.17) is 10.4 Å². The third-order valence-corrected chi connectivity index (χ3v) is 1.28. The van der Waals surface area contributed by atoms with Gasteiger partial charge in [0, 0.05) is 13.0 Å². The molecule has 0 aromatic carbocycles. The molecule has 0 aliphatic carbocycles. The van der Waals surface area contributed by atoms with Crippen LogP contribution in [0, 0.1) is 16.7 Å². The van der Waals surface area contributed by atoms with E-state index in [2.05, 4.69) is 5.32 Å². The van der Waals surface area contributed by atoms with E-state index in [1.807, 2.05) is 19.9 Å². The largest absolute Gasteiger partial charge is 0.465 e. The number of nitrogens with zero attached hydrogens (tertiary/aromatic N) is 1. The van der Waals surface area contributed by atoms with Crippen LogP contribution in [-0.2, 0) is 0 Å². The Morgan fingerprint density at radius 2 is 2.27 bits per heavy atom. The van der Waals surface area contributed by atoms with Crippen LogP contribution in [0.5, 0.6) is 0 Å². The van der Waals surface area contributed by atoms with Gasteiger partial charge in [-0.2, -0.15) is 5.26 Å². The maximum Gasteiger partial charge on any atom is 0.404 e. The number of nitrogens with one attached hydrogen (secondary N) is 1. The summed E-state index contributed by atoms with van der Waals surface area (Å²) in [6, 6.07) is 2.00. The van der Waals surface area contributed by atoms with Gasteiger partial charge in [-0.15, -0.1) is 0 Å². The fourth-order valence-corrected chi connectivity index (χ4v) is 0.591. The van der Waals surface area contributed by atoms with Crippen LogP contribution in [-0.4, -0.2) is 17.7 Å². The smallest absolute Gasteiger partial charge is 0.404 e.